The Bertz CT molecular complexity index is 1440. The Balaban J connectivity index is 0.000000868. The maximum atomic E-state index is 13.0. The highest BCUT2D eigenvalue weighted by Gasteiger charge is 2.13. The van der Waals surface area contributed by atoms with Gasteiger partial charge in [0, 0.05) is 35.7 Å². The van der Waals surface area contributed by atoms with Gasteiger partial charge in [-0.2, -0.15) is 0 Å². The molecule has 0 unspecified atom stereocenters. The first-order valence-corrected chi connectivity index (χ1v) is 12.3. The first kappa shape index (κ1) is 23.6. The van der Waals surface area contributed by atoms with Crippen LogP contribution in [0.5, 0.6) is 5.75 Å². The lowest BCUT2D eigenvalue weighted by Gasteiger charge is -2.11. The molecule has 174 valence electrons. The first-order valence-electron chi connectivity index (χ1n) is 11.5. The smallest absolute Gasteiger partial charge is 0.261 e. The third kappa shape index (κ3) is 5.31. The molecule has 0 bridgehead atoms. The number of ether oxygens (including phenoxy) is 1. The highest BCUT2D eigenvalue weighted by atomic mass is 32.1. The van der Waals surface area contributed by atoms with Crippen LogP contribution in [-0.2, 0) is 13.5 Å². The number of rotatable bonds is 6. The average molecular weight is 473 g/mol. The van der Waals surface area contributed by atoms with Gasteiger partial charge in [0.05, 0.1) is 17.5 Å². The molecule has 7 heteroatoms. The lowest BCUT2D eigenvalue weighted by molar-refractivity contribution is 0.311. The van der Waals surface area contributed by atoms with E-state index in [0.717, 1.165) is 22.9 Å². The second-order valence-corrected chi connectivity index (χ2v) is 8.97. The van der Waals surface area contributed by atoms with E-state index >= 15 is 0 Å². The molecule has 5 rings (SSSR count). The van der Waals surface area contributed by atoms with Crippen molar-refractivity contribution in [1.82, 2.24) is 19.5 Å². The van der Waals surface area contributed by atoms with Crippen LogP contribution in [0.4, 0.5) is 0 Å². The Morgan fingerprint density at radius 2 is 1.85 bits per heavy atom. The number of aryl methyl sites for hydroxylation is 1. The standard InChI is InChI=1S/C24H20N4O2S.C3H8/c1-28-23(21-14-22-17(15-26-21)8-12-31-22)27-20-5-4-18(13-19(20)24(28)29)30-11-2-3-16-6-9-25-10-7-16;1-3-2/h4-10,12-15H,2-3,11H2,1H3;3H2,1-2H3. The minimum Gasteiger partial charge on any atom is -0.494 e. The van der Waals surface area contributed by atoms with Crippen molar-refractivity contribution in [2.75, 3.05) is 6.61 Å². The average Bonchev–Trinajstić information content (AvgIpc) is 3.33. The van der Waals surface area contributed by atoms with Gasteiger partial charge in [-0.05, 0) is 66.2 Å². The third-order valence-corrected chi connectivity index (χ3v) is 6.12. The van der Waals surface area contributed by atoms with Crippen LogP contribution in [0.2, 0.25) is 0 Å². The number of pyridine rings is 2. The van der Waals surface area contributed by atoms with Crippen LogP contribution < -0.4 is 10.3 Å². The summed E-state index contributed by atoms with van der Waals surface area (Å²) in [5.41, 5.74) is 2.44. The molecular weight excluding hydrogens is 444 g/mol. The van der Waals surface area contributed by atoms with E-state index in [0.29, 0.717) is 34.8 Å². The summed E-state index contributed by atoms with van der Waals surface area (Å²) in [6, 6.07) is 13.5. The maximum absolute atomic E-state index is 13.0. The van der Waals surface area contributed by atoms with Crippen molar-refractivity contribution in [1.29, 1.82) is 0 Å². The van der Waals surface area contributed by atoms with Gasteiger partial charge in [0.25, 0.3) is 5.56 Å². The fourth-order valence-corrected chi connectivity index (χ4v) is 4.36. The Morgan fingerprint density at radius 1 is 1.06 bits per heavy atom. The Kier molecular flexibility index (Phi) is 7.65. The van der Waals surface area contributed by atoms with Gasteiger partial charge < -0.3 is 4.74 Å². The molecule has 34 heavy (non-hydrogen) atoms. The molecule has 0 N–H and O–H groups in total. The lowest BCUT2D eigenvalue weighted by Crippen LogP contribution is -2.20. The number of thiophene rings is 1. The maximum Gasteiger partial charge on any atom is 0.261 e. The predicted molar refractivity (Wildman–Crippen MR) is 140 cm³/mol. The molecule has 0 aliphatic carbocycles. The molecule has 4 aromatic heterocycles. The zero-order valence-electron chi connectivity index (χ0n) is 19.7. The fourth-order valence-electron chi connectivity index (χ4n) is 3.56. The van der Waals surface area contributed by atoms with Crippen LogP contribution in [0.3, 0.4) is 0 Å². The van der Waals surface area contributed by atoms with E-state index in [4.69, 9.17) is 9.72 Å². The second kappa shape index (κ2) is 11.0. The molecule has 0 fully saturated rings. The van der Waals surface area contributed by atoms with Crippen LogP contribution in [-0.4, -0.2) is 26.1 Å². The minimum absolute atomic E-state index is 0.115. The van der Waals surface area contributed by atoms with Gasteiger partial charge in [-0.1, -0.05) is 20.3 Å². The molecular formula is C27H28N4O2S. The van der Waals surface area contributed by atoms with Gasteiger partial charge in [-0.3, -0.25) is 19.3 Å². The van der Waals surface area contributed by atoms with Gasteiger partial charge >= 0.3 is 0 Å². The van der Waals surface area contributed by atoms with E-state index < -0.39 is 0 Å². The summed E-state index contributed by atoms with van der Waals surface area (Å²) in [5.74, 6) is 1.23. The van der Waals surface area contributed by atoms with Crippen LogP contribution in [0.25, 0.3) is 32.5 Å². The van der Waals surface area contributed by atoms with Gasteiger partial charge in [-0.15, -0.1) is 11.3 Å². The molecule has 0 atom stereocenters. The van der Waals surface area contributed by atoms with Crippen LogP contribution >= 0.6 is 11.3 Å². The van der Waals surface area contributed by atoms with Crippen molar-refractivity contribution < 1.29 is 4.74 Å². The van der Waals surface area contributed by atoms with Crippen molar-refractivity contribution in [2.45, 2.75) is 33.1 Å². The minimum atomic E-state index is -0.115. The summed E-state index contributed by atoms with van der Waals surface area (Å²) in [4.78, 5) is 26.3. The number of benzene rings is 1. The van der Waals surface area contributed by atoms with E-state index in [-0.39, 0.29) is 5.56 Å². The molecule has 0 aliphatic rings. The zero-order chi connectivity index (χ0) is 23.9. The summed E-state index contributed by atoms with van der Waals surface area (Å²) in [6.07, 6.45) is 8.47. The van der Waals surface area contributed by atoms with Gasteiger partial charge in [0.15, 0.2) is 5.82 Å². The summed E-state index contributed by atoms with van der Waals surface area (Å²) in [6.45, 7) is 4.82. The molecule has 6 nitrogen and oxygen atoms in total. The SMILES string of the molecule is CCC.Cn1c(-c2cc3sccc3cn2)nc2ccc(OCCCc3ccncc3)cc2c1=O. The number of hydrogen-bond acceptors (Lipinski definition) is 6. The van der Waals surface area contributed by atoms with Gasteiger partial charge in [0.1, 0.15) is 11.4 Å². The summed E-state index contributed by atoms with van der Waals surface area (Å²) in [5, 5.41) is 3.65. The number of fused-ring (bicyclic) bond motifs is 2. The van der Waals surface area contributed by atoms with Crippen LogP contribution in [0.1, 0.15) is 32.3 Å². The monoisotopic (exact) mass is 472 g/mol. The van der Waals surface area contributed by atoms with E-state index in [9.17, 15) is 4.79 Å². The van der Waals surface area contributed by atoms with Crippen molar-refractivity contribution in [3.63, 3.8) is 0 Å². The molecule has 0 radical (unpaired) electrons. The van der Waals surface area contributed by atoms with E-state index in [1.165, 1.54) is 12.0 Å². The van der Waals surface area contributed by atoms with Crippen molar-refractivity contribution in [3.8, 4) is 17.3 Å². The highest BCUT2D eigenvalue weighted by molar-refractivity contribution is 7.17. The molecule has 0 amide bonds. The zero-order valence-corrected chi connectivity index (χ0v) is 20.5. The topological polar surface area (TPSA) is 69.9 Å². The molecule has 1 aromatic carbocycles. The van der Waals surface area contributed by atoms with Crippen LogP contribution in [0, 0.1) is 0 Å². The molecule has 4 heterocycles. The van der Waals surface area contributed by atoms with Crippen molar-refractivity contribution in [3.05, 3.63) is 82.4 Å². The summed E-state index contributed by atoms with van der Waals surface area (Å²) >= 11 is 1.64. The number of nitrogens with zero attached hydrogens (tertiary/aromatic N) is 4. The van der Waals surface area contributed by atoms with Crippen molar-refractivity contribution in [2.24, 2.45) is 7.05 Å². The summed E-state index contributed by atoms with van der Waals surface area (Å²) < 4.78 is 8.56. The Labute approximate surface area is 202 Å². The third-order valence-electron chi connectivity index (χ3n) is 5.24. The number of hydrogen-bond donors (Lipinski definition) is 0. The first-order chi connectivity index (χ1) is 16.6. The molecule has 0 aliphatic heterocycles. The quantitative estimate of drug-likeness (QED) is 0.282. The Morgan fingerprint density at radius 3 is 2.65 bits per heavy atom. The largest absolute Gasteiger partial charge is 0.494 e. The molecule has 0 spiro atoms. The van der Waals surface area contributed by atoms with Crippen LogP contribution in [0.15, 0.2) is 71.2 Å². The molecule has 5 aromatic rings. The van der Waals surface area contributed by atoms with E-state index in [2.05, 4.69) is 23.8 Å². The normalized spacial score (nSPS) is 10.8. The number of aromatic nitrogens is 4. The van der Waals surface area contributed by atoms with E-state index in [1.54, 1.807) is 41.4 Å². The Hall–Kier alpha value is -3.58. The van der Waals surface area contributed by atoms with Crippen molar-refractivity contribution >= 4 is 32.3 Å². The molecule has 0 saturated carbocycles. The fraction of sp³-hybridized carbons (Fsp3) is 0.259. The molecule has 0 saturated heterocycles. The highest BCUT2D eigenvalue weighted by Crippen LogP contribution is 2.25. The predicted octanol–water partition coefficient (Wildman–Crippen LogP) is 6.03. The second-order valence-electron chi connectivity index (χ2n) is 8.02. The lowest BCUT2D eigenvalue weighted by atomic mass is 10.1. The van der Waals surface area contributed by atoms with E-state index in [1.807, 2.05) is 48.0 Å². The van der Waals surface area contributed by atoms with Gasteiger partial charge in [-0.25, -0.2) is 4.98 Å². The summed E-state index contributed by atoms with van der Waals surface area (Å²) in [7, 11) is 1.73. The van der Waals surface area contributed by atoms with Gasteiger partial charge in [0.2, 0.25) is 0 Å².